The van der Waals surface area contributed by atoms with Gasteiger partial charge >= 0.3 is 0 Å². The molecule has 0 radical (unpaired) electrons. The Hall–Kier alpha value is -0.980. The largest absolute Gasteiger partial charge is 0.332 e. The van der Waals surface area contributed by atoms with Crippen LogP contribution >= 0.6 is 0 Å². The van der Waals surface area contributed by atoms with Gasteiger partial charge in [-0.15, -0.1) is 0 Å². The Morgan fingerprint density at radius 3 is 1.81 bits per heavy atom. The van der Waals surface area contributed by atoms with E-state index in [0.717, 1.165) is 13.1 Å². The maximum absolute atomic E-state index is 5.19. The van der Waals surface area contributed by atoms with Crippen LogP contribution in [-0.4, -0.2) is 81.0 Å². The molecule has 6 nitrogen and oxygen atoms in total. The Balaban J connectivity index is 1.51. The van der Waals surface area contributed by atoms with Gasteiger partial charge in [0.1, 0.15) is 17.8 Å². The van der Waals surface area contributed by atoms with Crippen molar-refractivity contribution in [3.8, 4) is 0 Å². The molecule has 0 spiro atoms. The molecule has 4 aliphatic rings. The van der Waals surface area contributed by atoms with Gasteiger partial charge in [0.05, 0.1) is 0 Å². The summed E-state index contributed by atoms with van der Waals surface area (Å²) in [5.74, 6) is 4.30. The Morgan fingerprint density at radius 1 is 0.731 bits per heavy atom. The van der Waals surface area contributed by atoms with E-state index < -0.39 is 0 Å². The highest BCUT2D eigenvalue weighted by molar-refractivity contribution is 6.04. The second-order valence-electron chi connectivity index (χ2n) is 8.81. The van der Waals surface area contributed by atoms with Crippen molar-refractivity contribution in [2.75, 3.05) is 53.4 Å². The molecule has 146 valence electrons. The molecule has 0 bridgehead atoms. The minimum atomic E-state index is 0.157. The standard InChI is InChI=1S/C20H36N6/c1-25-11-5-16(6-12-25)19-22-18(15-3-9-21-10-4-15)23-20(24-19)17-7-13-26(2)14-8-17/h15-17,19,21H,3-14H2,1-2H3,(H,22,23,24). The van der Waals surface area contributed by atoms with Crippen LogP contribution in [0.3, 0.4) is 0 Å². The maximum Gasteiger partial charge on any atom is 0.146 e. The fraction of sp³-hybridized carbons (Fsp3) is 0.900. The third-order valence-electron chi connectivity index (χ3n) is 6.81. The van der Waals surface area contributed by atoms with Gasteiger partial charge in [0.15, 0.2) is 0 Å². The molecule has 0 aromatic rings. The first-order chi connectivity index (χ1) is 12.7. The van der Waals surface area contributed by atoms with Crippen molar-refractivity contribution < 1.29 is 0 Å². The average molecular weight is 361 g/mol. The maximum atomic E-state index is 5.19. The molecule has 0 aromatic carbocycles. The Kier molecular flexibility index (Phi) is 5.91. The normalized spacial score (nSPS) is 31.4. The highest BCUT2D eigenvalue weighted by atomic mass is 15.2. The van der Waals surface area contributed by atoms with Crippen LogP contribution < -0.4 is 10.6 Å². The first-order valence-corrected chi connectivity index (χ1v) is 10.7. The average Bonchev–Trinajstić information content (AvgIpc) is 2.69. The zero-order chi connectivity index (χ0) is 17.9. The molecular formula is C20H36N6. The van der Waals surface area contributed by atoms with Crippen molar-refractivity contribution in [3.05, 3.63) is 0 Å². The summed E-state index contributed by atoms with van der Waals surface area (Å²) in [4.78, 5) is 15.2. The smallest absolute Gasteiger partial charge is 0.146 e. The Morgan fingerprint density at radius 2 is 1.23 bits per heavy atom. The van der Waals surface area contributed by atoms with Crippen molar-refractivity contribution in [2.24, 2.45) is 27.7 Å². The van der Waals surface area contributed by atoms with E-state index in [1.165, 1.54) is 76.4 Å². The summed E-state index contributed by atoms with van der Waals surface area (Å²) in [6.07, 6.45) is 7.47. The molecule has 26 heavy (non-hydrogen) atoms. The fourth-order valence-corrected chi connectivity index (χ4v) is 4.84. The molecule has 3 saturated heterocycles. The van der Waals surface area contributed by atoms with Gasteiger partial charge in [0, 0.05) is 17.8 Å². The first kappa shape index (κ1) is 18.4. The summed E-state index contributed by atoms with van der Waals surface area (Å²) >= 11 is 0. The molecule has 0 amide bonds. The van der Waals surface area contributed by atoms with Crippen molar-refractivity contribution in [2.45, 2.75) is 44.7 Å². The van der Waals surface area contributed by atoms with Crippen LogP contribution in [0, 0.1) is 17.8 Å². The quantitative estimate of drug-likeness (QED) is 0.799. The van der Waals surface area contributed by atoms with Gasteiger partial charge in [-0.1, -0.05) is 0 Å². The highest BCUT2D eigenvalue weighted by Crippen LogP contribution is 2.28. The lowest BCUT2D eigenvalue weighted by atomic mass is 9.90. The van der Waals surface area contributed by atoms with Crippen LogP contribution in [0.5, 0.6) is 0 Å². The van der Waals surface area contributed by atoms with Crippen LogP contribution in [0.2, 0.25) is 0 Å². The van der Waals surface area contributed by atoms with Crippen molar-refractivity contribution >= 4 is 11.7 Å². The Labute approximate surface area is 158 Å². The number of amidine groups is 2. The van der Waals surface area contributed by atoms with E-state index in [1.54, 1.807) is 0 Å². The van der Waals surface area contributed by atoms with Gasteiger partial charge in [-0.2, -0.15) is 0 Å². The van der Waals surface area contributed by atoms with Crippen molar-refractivity contribution in [1.29, 1.82) is 0 Å². The summed E-state index contributed by atoms with van der Waals surface area (Å²) in [5, 5.41) is 7.22. The van der Waals surface area contributed by atoms with Gasteiger partial charge < -0.3 is 20.4 Å². The molecule has 4 heterocycles. The van der Waals surface area contributed by atoms with Gasteiger partial charge in [-0.3, -0.25) is 0 Å². The third-order valence-corrected chi connectivity index (χ3v) is 6.81. The third kappa shape index (κ3) is 4.29. The molecule has 2 N–H and O–H groups in total. The minimum Gasteiger partial charge on any atom is -0.332 e. The molecule has 4 aliphatic heterocycles. The van der Waals surface area contributed by atoms with Crippen molar-refractivity contribution in [3.63, 3.8) is 0 Å². The zero-order valence-electron chi connectivity index (χ0n) is 16.6. The van der Waals surface area contributed by atoms with E-state index in [1.807, 2.05) is 0 Å². The number of hydrogen-bond acceptors (Lipinski definition) is 6. The topological polar surface area (TPSA) is 55.3 Å². The molecule has 1 unspecified atom stereocenters. The van der Waals surface area contributed by atoms with Crippen LogP contribution in [0.15, 0.2) is 9.98 Å². The molecule has 0 aliphatic carbocycles. The van der Waals surface area contributed by atoms with E-state index >= 15 is 0 Å². The van der Waals surface area contributed by atoms with E-state index in [0.29, 0.717) is 17.8 Å². The molecule has 1 atom stereocenters. The Bertz CT molecular complexity index is 522. The monoisotopic (exact) mass is 360 g/mol. The molecule has 0 saturated carbocycles. The van der Waals surface area contributed by atoms with Crippen LogP contribution in [0.25, 0.3) is 0 Å². The fourth-order valence-electron chi connectivity index (χ4n) is 4.84. The van der Waals surface area contributed by atoms with E-state index in [4.69, 9.17) is 9.98 Å². The summed E-state index contributed by atoms with van der Waals surface area (Å²) < 4.78 is 0. The number of hydrogen-bond donors (Lipinski definition) is 2. The predicted molar refractivity (Wildman–Crippen MR) is 108 cm³/mol. The molecule has 6 heteroatoms. The van der Waals surface area contributed by atoms with Crippen LogP contribution in [0.4, 0.5) is 0 Å². The van der Waals surface area contributed by atoms with Gasteiger partial charge in [0.25, 0.3) is 0 Å². The zero-order valence-corrected chi connectivity index (χ0v) is 16.6. The lowest BCUT2D eigenvalue weighted by Crippen LogP contribution is -2.49. The summed E-state index contributed by atoms with van der Waals surface area (Å²) in [6.45, 7) is 6.97. The lowest BCUT2D eigenvalue weighted by molar-refractivity contribution is 0.199. The van der Waals surface area contributed by atoms with E-state index in [2.05, 4.69) is 34.5 Å². The SMILES string of the molecule is CN1CCC(C2=NC(C3CCN(C)CC3)N=C(C3CCNCC3)N2)CC1. The number of piperidine rings is 3. The van der Waals surface area contributed by atoms with Gasteiger partial charge in [0.2, 0.25) is 0 Å². The number of nitrogens with zero attached hydrogens (tertiary/aromatic N) is 4. The van der Waals surface area contributed by atoms with Crippen molar-refractivity contribution in [1.82, 2.24) is 20.4 Å². The second-order valence-corrected chi connectivity index (χ2v) is 8.81. The van der Waals surface area contributed by atoms with E-state index in [9.17, 15) is 0 Å². The number of rotatable bonds is 3. The summed E-state index contributed by atoms with van der Waals surface area (Å²) in [6, 6.07) is 0. The van der Waals surface area contributed by atoms with Crippen LogP contribution in [-0.2, 0) is 0 Å². The highest BCUT2D eigenvalue weighted by Gasteiger charge is 2.33. The molecule has 3 fully saturated rings. The summed E-state index contributed by atoms with van der Waals surface area (Å²) in [5.41, 5.74) is 0. The second kappa shape index (κ2) is 8.36. The van der Waals surface area contributed by atoms with Gasteiger partial charge in [-0.05, 0) is 91.9 Å². The first-order valence-electron chi connectivity index (χ1n) is 10.7. The summed E-state index contributed by atoms with van der Waals surface area (Å²) in [7, 11) is 4.46. The minimum absolute atomic E-state index is 0.157. The number of nitrogens with one attached hydrogen (secondary N) is 2. The molecule has 4 rings (SSSR count). The molecule has 0 aromatic heterocycles. The predicted octanol–water partition coefficient (Wildman–Crippen LogP) is 1.40. The number of aliphatic imine (C=N–C) groups is 2. The van der Waals surface area contributed by atoms with Gasteiger partial charge in [-0.25, -0.2) is 9.98 Å². The number of likely N-dealkylation sites (tertiary alicyclic amines) is 2. The van der Waals surface area contributed by atoms with E-state index in [-0.39, 0.29) is 6.17 Å². The van der Waals surface area contributed by atoms with Crippen LogP contribution in [0.1, 0.15) is 38.5 Å². The molecular weight excluding hydrogens is 324 g/mol. The lowest BCUT2D eigenvalue weighted by Gasteiger charge is -2.37.